The number of hydrogen-bond acceptors (Lipinski definition) is 5. The Morgan fingerprint density at radius 3 is 2.71 bits per heavy atom. The molecular formula is C20H21FN6S. The fourth-order valence-corrected chi connectivity index (χ4v) is 3.93. The van der Waals surface area contributed by atoms with Crippen molar-refractivity contribution in [3.8, 4) is 0 Å². The largest absolute Gasteiger partial charge is 0.343 e. The SMILES string of the molecule is Cn1nnnc1SCCNCc1cn(Cc2ccccc2F)c2ccccc12. The van der Waals surface area contributed by atoms with Crippen LogP contribution in [-0.2, 0) is 20.1 Å². The topological polar surface area (TPSA) is 60.6 Å². The first-order valence-corrected chi connectivity index (χ1v) is 10.1. The fourth-order valence-electron chi connectivity index (χ4n) is 3.19. The molecule has 0 aliphatic rings. The van der Waals surface area contributed by atoms with Crippen LogP contribution in [0.3, 0.4) is 0 Å². The van der Waals surface area contributed by atoms with Gasteiger partial charge in [0.1, 0.15) is 5.82 Å². The molecular weight excluding hydrogens is 375 g/mol. The third kappa shape index (κ3) is 4.07. The third-order valence-corrected chi connectivity index (χ3v) is 5.59. The highest BCUT2D eigenvalue weighted by Crippen LogP contribution is 2.23. The zero-order valence-electron chi connectivity index (χ0n) is 15.5. The Bertz CT molecular complexity index is 1070. The molecule has 2 aromatic heterocycles. The van der Waals surface area contributed by atoms with Gasteiger partial charge in [-0.3, -0.25) is 0 Å². The summed E-state index contributed by atoms with van der Waals surface area (Å²) in [6.45, 7) is 2.11. The number of aryl methyl sites for hydroxylation is 1. The number of benzene rings is 2. The molecule has 2 aromatic carbocycles. The zero-order valence-corrected chi connectivity index (χ0v) is 16.4. The van der Waals surface area contributed by atoms with Gasteiger partial charge in [-0.15, -0.1) is 5.10 Å². The quantitative estimate of drug-likeness (QED) is 0.366. The van der Waals surface area contributed by atoms with Crippen LogP contribution >= 0.6 is 11.8 Å². The van der Waals surface area contributed by atoms with Gasteiger partial charge in [-0.05, 0) is 28.1 Å². The maximum absolute atomic E-state index is 14.1. The van der Waals surface area contributed by atoms with Crippen molar-refractivity contribution >= 4 is 22.7 Å². The number of thioether (sulfide) groups is 1. The van der Waals surface area contributed by atoms with Crippen LogP contribution in [0.25, 0.3) is 10.9 Å². The lowest BCUT2D eigenvalue weighted by atomic mass is 10.2. The molecule has 0 atom stereocenters. The Morgan fingerprint density at radius 2 is 1.89 bits per heavy atom. The van der Waals surface area contributed by atoms with Crippen molar-refractivity contribution in [2.45, 2.75) is 18.2 Å². The normalized spacial score (nSPS) is 11.4. The van der Waals surface area contributed by atoms with Gasteiger partial charge in [0.2, 0.25) is 5.16 Å². The Kier molecular flexibility index (Phi) is 5.68. The minimum atomic E-state index is -0.171. The number of tetrazole rings is 1. The van der Waals surface area contributed by atoms with E-state index < -0.39 is 0 Å². The molecule has 0 unspecified atom stereocenters. The van der Waals surface area contributed by atoms with Crippen molar-refractivity contribution in [3.05, 3.63) is 71.7 Å². The number of nitrogens with one attached hydrogen (secondary N) is 1. The van der Waals surface area contributed by atoms with E-state index in [1.54, 1.807) is 22.5 Å². The van der Waals surface area contributed by atoms with Crippen LogP contribution in [0.5, 0.6) is 0 Å². The van der Waals surface area contributed by atoms with E-state index in [9.17, 15) is 4.39 Å². The highest BCUT2D eigenvalue weighted by molar-refractivity contribution is 7.99. The van der Waals surface area contributed by atoms with Crippen molar-refractivity contribution < 1.29 is 4.39 Å². The highest BCUT2D eigenvalue weighted by atomic mass is 32.2. The summed E-state index contributed by atoms with van der Waals surface area (Å²) in [5.41, 5.74) is 3.01. The molecule has 0 aliphatic carbocycles. The predicted octanol–water partition coefficient (Wildman–Crippen LogP) is 3.23. The molecule has 6 nitrogen and oxygen atoms in total. The molecule has 0 bridgehead atoms. The smallest absolute Gasteiger partial charge is 0.209 e. The van der Waals surface area contributed by atoms with Gasteiger partial charge in [-0.25, -0.2) is 9.07 Å². The molecule has 0 spiro atoms. The number of halogens is 1. The number of fused-ring (bicyclic) bond motifs is 1. The van der Waals surface area contributed by atoms with Gasteiger partial charge in [0.25, 0.3) is 0 Å². The number of aromatic nitrogens is 5. The van der Waals surface area contributed by atoms with E-state index in [1.165, 1.54) is 17.0 Å². The summed E-state index contributed by atoms with van der Waals surface area (Å²) in [4.78, 5) is 0. The second kappa shape index (κ2) is 8.53. The second-order valence-electron chi connectivity index (χ2n) is 6.50. The van der Waals surface area contributed by atoms with Gasteiger partial charge in [-0.1, -0.05) is 48.2 Å². The molecule has 1 N–H and O–H groups in total. The molecule has 0 radical (unpaired) electrons. The lowest BCUT2D eigenvalue weighted by Gasteiger charge is -2.06. The average Bonchev–Trinajstić information content (AvgIpc) is 3.27. The first-order valence-electron chi connectivity index (χ1n) is 9.08. The van der Waals surface area contributed by atoms with Crippen molar-refractivity contribution in [1.82, 2.24) is 30.1 Å². The Labute approximate surface area is 166 Å². The Balaban J connectivity index is 1.42. The predicted molar refractivity (Wildman–Crippen MR) is 109 cm³/mol. The van der Waals surface area contributed by atoms with E-state index in [-0.39, 0.29) is 5.82 Å². The summed E-state index contributed by atoms with van der Waals surface area (Å²) >= 11 is 1.62. The van der Waals surface area contributed by atoms with Crippen LogP contribution < -0.4 is 5.32 Å². The summed E-state index contributed by atoms with van der Waals surface area (Å²) in [5.74, 6) is 0.706. The molecule has 4 rings (SSSR count). The lowest BCUT2D eigenvalue weighted by molar-refractivity contribution is 0.601. The molecule has 0 aliphatic heterocycles. The summed E-state index contributed by atoms with van der Waals surface area (Å²) in [5, 5.41) is 16.9. The first-order chi connectivity index (χ1) is 13.7. The number of rotatable bonds is 8. The van der Waals surface area contributed by atoms with Crippen molar-refractivity contribution in [1.29, 1.82) is 0 Å². The third-order valence-electron chi connectivity index (χ3n) is 4.58. The monoisotopic (exact) mass is 396 g/mol. The molecule has 28 heavy (non-hydrogen) atoms. The maximum atomic E-state index is 14.1. The van der Waals surface area contributed by atoms with Crippen LogP contribution in [0, 0.1) is 5.82 Å². The average molecular weight is 396 g/mol. The fraction of sp³-hybridized carbons (Fsp3) is 0.250. The van der Waals surface area contributed by atoms with Crippen molar-refractivity contribution in [3.63, 3.8) is 0 Å². The molecule has 4 aromatic rings. The summed E-state index contributed by atoms with van der Waals surface area (Å²) < 4.78 is 17.9. The van der Waals surface area contributed by atoms with E-state index >= 15 is 0 Å². The van der Waals surface area contributed by atoms with Crippen LogP contribution in [-0.4, -0.2) is 37.1 Å². The Morgan fingerprint density at radius 1 is 1.07 bits per heavy atom. The highest BCUT2D eigenvalue weighted by Gasteiger charge is 2.10. The van der Waals surface area contributed by atoms with Gasteiger partial charge >= 0.3 is 0 Å². The van der Waals surface area contributed by atoms with E-state index in [0.717, 1.165) is 29.5 Å². The molecule has 0 saturated heterocycles. The van der Waals surface area contributed by atoms with Gasteiger partial charge in [0, 0.05) is 48.6 Å². The summed E-state index contributed by atoms with van der Waals surface area (Å²) in [6.07, 6.45) is 2.11. The van der Waals surface area contributed by atoms with Gasteiger partial charge < -0.3 is 9.88 Å². The standard InChI is InChI=1S/C20H21FN6S/c1-26-20(23-24-25-26)28-11-10-22-12-16-14-27(19-9-5-3-7-17(16)19)13-15-6-2-4-8-18(15)21/h2-9,14,22H,10-13H2,1H3. The molecule has 0 saturated carbocycles. The van der Waals surface area contributed by atoms with E-state index in [2.05, 4.69) is 43.7 Å². The summed E-state index contributed by atoms with van der Waals surface area (Å²) in [6, 6.07) is 15.2. The van der Waals surface area contributed by atoms with Gasteiger partial charge in [-0.2, -0.15) is 0 Å². The van der Waals surface area contributed by atoms with Crippen LogP contribution in [0.15, 0.2) is 59.9 Å². The maximum Gasteiger partial charge on any atom is 0.209 e. The molecule has 2 heterocycles. The molecule has 0 fully saturated rings. The number of nitrogens with zero attached hydrogens (tertiary/aromatic N) is 5. The minimum absolute atomic E-state index is 0.171. The Hall–Kier alpha value is -2.71. The molecule has 8 heteroatoms. The van der Waals surface area contributed by atoms with E-state index in [4.69, 9.17) is 0 Å². The lowest BCUT2D eigenvalue weighted by Crippen LogP contribution is -2.16. The van der Waals surface area contributed by atoms with Crippen molar-refractivity contribution in [2.24, 2.45) is 7.05 Å². The van der Waals surface area contributed by atoms with Crippen LogP contribution in [0.2, 0.25) is 0 Å². The summed E-state index contributed by atoms with van der Waals surface area (Å²) in [7, 11) is 1.83. The first kappa shape index (κ1) is 18.6. The van der Waals surface area contributed by atoms with Gasteiger partial charge in [0.05, 0.1) is 6.54 Å². The van der Waals surface area contributed by atoms with E-state index in [0.29, 0.717) is 12.1 Å². The minimum Gasteiger partial charge on any atom is -0.343 e. The van der Waals surface area contributed by atoms with Crippen molar-refractivity contribution in [2.75, 3.05) is 12.3 Å². The zero-order chi connectivity index (χ0) is 19.3. The molecule has 0 amide bonds. The van der Waals surface area contributed by atoms with Gasteiger partial charge in [0.15, 0.2) is 0 Å². The number of hydrogen-bond donors (Lipinski definition) is 1. The van der Waals surface area contributed by atoms with Crippen LogP contribution in [0.4, 0.5) is 4.39 Å². The molecule has 144 valence electrons. The second-order valence-corrected chi connectivity index (χ2v) is 7.56. The number of para-hydroxylation sites is 1. The van der Waals surface area contributed by atoms with Crippen LogP contribution in [0.1, 0.15) is 11.1 Å². The van der Waals surface area contributed by atoms with E-state index in [1.807, 2.05) is 31.3 Å².